The highest BCUT2D eigenvalue weighted by Gasteiger charge is 2.22. The van der Waals surface area contributed by atoms with Crippen LogP contribution in [0.1, 0.15) is 12.8 Å². The van der Waals surface area contributed by atoms with Crippen LogP contribution in [-0.4, -0.2) is 48.7 Å². The standard InChI is InChI=1S/C16H20FN3OS/c1-22-13-2-3-15-14(10-13)16(19-11-18-15)20-7-4-12(5-8-20)21-9-6-17/h2-3,10-12H,4-9H2,1H3. The van der Waals surface area contributed by atoms with E-state index in [1.165, 1.54) is 4.90 Å². The number of nitrogens with zero attached hydrogens (tertiary/aromatic N) is 3. The molecular formula is C16H20FN3OS. The molecule has 1 aromatic carbocycles. The van der Waals surface area contributed by atoms with Gasteiger partial charge in [-0.25, -0.2) is 14.4 Å². The zero-order valence-electron chi connectivity index (χ0n) is 12.7. The van der Waals surface area contributed by atoms with Gasteiger partial charge in [-0.2, -0.15) is 0 Å². The van der Waals surface area contributed by atoms with E-state index in [0.717, 1.165) is 42.7 Å². The van der Waals surface area contributed by atoms with Crippen LogP contribution in [0.15, 0.2) is 29.4 Å². The highest BCUT2D eigenvalue weighted by Crippen LogP contribution is 2.29. The fourth-order valence-electron chi connectivity index (χ4n) is 2.85. The van der Waals surface area contributed by atoms with Crippen LogP contribution in [0.4, 0.5) is 10.2 Å². The second kappa shape index (κ2) is 7.24. The number of hydrogen-bond donors (Lipinski definition) is 0. The molecule has 1 aromatic heterocycles. The van der Waals surface area contributed by atoms with Crippen LogP contribution in [0.5, 0.6) is 0 Å². The van der Waals surface area contributed by atoms with E-state index in [4.69, 9.17) is 4.74 Å². The summed E-state index contributed by atoms with van der Waals surface area (Å²) in [5.41, 5.74) is 0.971. The molecule has 0 saturated carbocycles. The van der Waals surface area contributed by atoms with Gasteiger partial charge in [-0.3, -0.25) is 0 Å². The summed E-state index contributed by atoms with van der Waals surface area (Å²) in [6.45, 7) is 1.56. The van der Waals surface area contributed by atoms with E-state index in [1.54, 1.807) is 18.1 Å². The maximum atomic E-state index is 12.2. The Kier molecular flexibility index (Phi) is 5.10. The maximum Gasteiger partial charge on any atom is 0.139 e. The molecule has 0 atom stereocenters. The fraction of sp³-hybridized carbons (Fsp3) is 0.500. The molecule has 2 heterocycles. The van der Waals surface area contributed by atoms with Crippen molar-refractivity contribution in [1.29, 1.82) is 0 Å². The summed E-state index contributed by atoms with van der Waals surface area (Å²) in [6, 6.07) is 6.28. The summed E-state index contributed by atoms with van der Waals surface area (Å²) < 4.78 is 17.7. The lowest BCUT2D eigenvalue weighted by atomic mass is 10.1. The van der Waals surface area contributed by atoms with Crippen LogP contribution in [0.25, 0.3) is 10.9 Å². The molecule has 1 aliphatic rings. The van der Waals surface area contributed by atoms with Crippen molar-refractivity contribution in [3.63, 3.8) is 0 Å². The Bertz CT molecular complexity index is 632. The summed E-state index contributed by atoms with van der Waals surface area (Å²) in [4.78, 5) is 12.3. The number of fused-ring (bicyclic) bond motifs is 1. The Balaban J connectivity index is 1.79. The topological polar surface area (TPSA) is 38.2 Å². The third-order valence-electron chi connectivity index (χ3n) is 3.99. The van der Waals surface area contributed by atoms with Crippen molar-refractivity contribution >= 4 is 28.5 Å². The SMILES string of the molecule is CSc1ccc2ncnc(N3CCC(OCCF)CC3)c2c1. The first-order valence-corrected chi connectivity index (χ1v) is 8.75. The summed E-state index contributed by atoms with van der Waals surface area (Å²) in [5, 5.41) is 1.09. The molecule has 0 spiro atoms. The van der Waals surface area contributed by atoms with Crippen molar-refractivity contribution in [1.82, 2.24) is 9.97 Å². The van der Waals surface area contributed by atoms with Crippen molar-refractivity contribution in [3.05, 3.63) is 24.5 Å². The fourth-order valence-corrected chi connectivity index (χ4v) is 3.29. The molecule has 1 aliphatic heterocycles. The normalized spacial score (nSPS) is 16.4. The van der Waals surface area contributed by atoms with E-state index in [9.17, 15) is 4.39 Å². The van der Waals surface area contributed by atoms with Gasteiger partial charge in [0.1, 0.15) is 18.8 Å². The van der Waals surface area contributed by atoms with Crippen LogP contribution in [0, 0.1) is 0 Å². The van der Waals surface area contributed by atoms with E-state index in [-0.39, 0.29) is 12.7 Å². The number of ether oxygens (including phenoxy) is 1. The average molecular weight is 321 g/mol. The molecule has 2 aromatic rings. The lowest BCUT2D eigenvalue weighted by molar-refractivity contribution is 0.0294. The quantitative estimate of drug-likeness (QED) is 0.790. The van der Waals surface area contributed by atoms with Crippen molar-refractivity contribution in [2.24, 2.45) is 0 Å². The first kappa shape index (κ1) is 15.5. The number of thioether (sulfide) groups is 1. The van der Waals surface area contributed by atoms with Gasteiger partial charge in [-0.15, -0.1) is 11.8 Å². The van der Waals surface area contributed by atoms with E-state index >= 15 is 0 Å². The number of piperidine rings is 1. The second-order valence-corrected chi connectivity index (χ2v) is 6.21. The van der Waals surface area contributed by atoms with E-state index in [0.29, 0.717) is 0 Å². The summed E-state index contributed by atoms with van der Waals surface area (Å²) in [7, 11) is 0. The number of halogens is 1. The first-order chi connectivity index (χ1) is 10.8. The number of rotatable bonds is 5. The summed E-state index contributed by atoms with van der Waals surface area (Å²) >= 11 is 1.72. The lowest BCUT2D eigenvalue weighted by Gasteiger charge is -2.33. The minimum absolute atomic E-state index is 0.168. The number of anilines is 1. The molecule has 118 valence electrons. The minimum Gasteiger partial charge on any atom is -0.375 e. The van der Waals surface area contributed by atoms with Gasteiger partial charge >= 0.3 is 0 Å². The van der Waals surface area contributed by atoms with Crippen LogP contribution in [0.3, 0.4) is 0 Å². The number of benzene rings is 1. The molecule has 4 nitrogen and oxygen atoms in total. The van der Waals surface area contributed by atoms with E-state index in [2.05, 4.69) is 33.3 Å². The largest absolute Gasteiger partial charge is 0.375 e. The molecule has 6 heteroatoms. The van der Waals surface area contributed by atoms with Crippen LogP contribution < -0.4 is 4.90 Å². The van der Waals surface area contributed by atoms with Gasteiger partial charge in [0.15, 0.2) is 0 Å². The Morgan fingerprint density at radius 3 is 2.86 bits per heavy atom. The first-order valence-electron chi connectivity index (χ1n) is 7.53. The third-order valence-corrected chi connectivity index (χ3v) is 4.72. The zero-order valence-corrected chi connectivity index (χ0v) is 13.5. The molecule has 0 N–H and O–H groups in total. The maximum absolute atomic E-state index is 12.2. The van der Waals surface area contributed by atoms with Gasteiger partial charge < -0.3 is 9.64 Å². The van der Waals surface area contributed by atoms with Crippen molar-refractivity contribution in [3.8, 4) is 0 Å². The molecule has 1 saturated heterocycles. The Labute approximate surface area is 134 Å². The van der Waals surface area contributed by atoms with Gasteiger partial charge in [-0.05, 0) is 37.3 Å². The predicted molar refractivity (Wildman–Crippen MR) is 88.5 cm³/mol. The second-order valence-electron chi connectivity index (χ2n) is 5.33. The Morgan fingerprint density at radius 2 is 2.14 bits per heavy atom. The molecule has 1 fully saturated rings. The number of aromatic nitrogens is 2. The van der Waals surface area contributed by atoms with Crippen molar-refractivity contribution < 1.29 is 9.13 Å². The molecule has 22 heavy (non-hydrogen) atoms. The molecule has 0 amide bonds. The zero-order chi connectivity index (χ0) is 15.4. The van der Waals surface area contributed by atoms with Crippen LogP contribution in [-0.2, 0) is 4.74 Å². The van der Waals surface area contributed by atoms with Gasteiger partial charge in [-0.1, -0.05) is 0 Å². The van der Waals surface area contributed by atoms with Gasteiger partial charge in [0, 0.05) is 23.4 Å². The van der Waals surface area contributed by atoms with Crippen LogP contribution >= 0.6 is 11.8 Å². The summed E-state index contributed by atoms with van der Waals surface area (Å²) in [6.07, 6.45) is 5.68. The Morgan fingerprint density at radius 1 is 1.32 bits per heavy atom. The third kappa shape index (κ3) is 3.33. The molecule has 0 radical (unpaired) electrons. The predicted octanol–water partition coefficient (Wildman–Crippen LogP) is 3.31. The smallest absolute Gasteiger partial charge is 0.139 e. The highest BCUT2D eigenvalue weighted by molar-refractivity contribution is 7.98. The van der Waals surface area contributed by atoms with Crippen molar-refractivity contribution in [2.45, 2.75) is 23.8 Å². The van der Waals surface area contributed by atoms with Crippen LogP contribution in [0.2, 0.25) is 0 Å². The van der Waals surface area contributed by atoms with E-state index in [1.807, 2.05) is 6.07 Å². The number of hydrogen-bond acceptors (Lipinski definition) is 5. The molecule has 0 unspecified atom stereocenters. The number of alkyl halides is 1. The van der Waals surface area contributed by atoms with Gasteiger partial charge in [0.25, 0.3) is 0 Å². The average Bonchev–Trinajstić information content (AvgIpc) is 2.59. The monoisotopic (exact) mass is 321 g/mol. The Hall–Kier alpha value is -1.40. The summed E-state index contributed by atoms with van der Waals surface area (Å²) in [5.74, 6) is 0.991. The highest BCUT2D eigenvalue weighted by atomic mass is 32.2. The van der Waals surface area contributed by atoms with Gasteiger partial charge in [0.2, 0.25) is 0 Å². The molecular weight excluding hydrogens is 301 g/mol. The van der Waals surface area contributed by atoms with Gasteiger partial charge in [0.05, 0.1) is 18.2 Å². The van der Waals surface area contributed by atoms with E-state index < -0.39 is 6.67 Å². The molecule has 0 bridgehead atoms. The molecule has 0 aliphatic carbocycles. The van der Waals surface area contributed by atoms with Crippen molar-refractivity contribution in [2.75, 3.05) is 37.5 Å². The minimum atomic E-state index is -0.409. The molecule has 3 rings (SSSR count). The lowest BCUT2D eigenvalue weighted by Crippen LogP contribution is -2.37.